The van der Waals surface area contributed by atoms with Gasteiger partial charge in [-0.05, 0) is 43.7 Å². The van der Waals surface area contributed by atoms with Crippen LogP contribution in [0.15, 0.2) is 57.7 Å². The Morgan fingerprint density at radius 2 is 1.62 bits per heavy atom. The summed E-state index contributed by atoms with van der Waals surface area (Å²) < 4.78 is 5.33. The van der Waals surface area contributed by atoms with Gasteiger partial charge in [0.05, 0.1) is 0 Å². The molecule has 0 aliphatic rings. The molecule has 0 atom stereocenters. The Labute approximate surface area is 142 Å². The SMILES string of the molecule is CCN(Cc1ccc(C)cc1)Cc1cc(=O)oc2ccc(C)cc12. The van der Waals surface area contributed by atoms with Crippen LogP contribution in [0.1, 0.15) is 29.2 Å². The van der Waals surface area contributed by atoms with Crippen LogP contribution in [0.4, 0.5) is 0 Å². The lowest BCUT2D eigenvalue weighted by Crippen LogP contribution is -2.23. The fraction of sp³-hybridized carbons (Fsp3) is 0.286. The van der Waals surface area contributed by atoms with Gasteiger partial charge in [0.1, 0.15) is 5.58 Å². The van der Waals surface area contributed by atoms with Crippen molar-refractivity contribution in [2.75, 3.05) is 6.54 Å². The normalized spacial score (nSPS) is 11.3. The number of benzene rings is 2. The molecule has 1 heterocycles. The van der Waals surface area contributed by atoms with E-state index in [1.54, 1.807) is 6.07 Å². The molecule has 0 unspecified atom stereocenters. The van der Waals surface area contributed by atoms with Gasteiger partial charge in [0.25, 0.3) is 0 Å². The zero-order valence-corrected chi connectivity index (χ0v) is 14.5. The van der Waals surface area contributed by atoms with E-state index >= 15 is 0 Å². The first-order chi connectivity index (χ1) is 11.5. The van der Waals surface area contributed by atoms with Gasteiger partial charge in [-0.25, -0.2) is 4.79 Å². The van der Waals surface area contributed by atoms with Crippen LogP contribution in [0.3, 0.4) is 0 Å². The highest BCUT2D eigenvalue weighted by Gasteiger charge is 2.11. The summed E-state index contributed by atoms with van der Waals surface area (Å²) in [6.07, 6.45) is 0. The Kier molecular flexibility index (Phi) is 4.81. The van der Waals surface area contributed by atoms with Gasteiger partial charge in [-0.1, -0.05) is 48.4 Å². The lowest BCUT2D eigenvalue weighted by atomic mass is 10.1. The van der Waals surface area contributed by atoms with Crippen LogP contribution in [-0.4, -0.2) is 11.4 Å². The summed E-state index contributed by atoms with van der Waals surface area (Å²) >= 11 is 0. The number of hydrogen-bond donors (Lipinski definition) is 0. The Bertz CT molecular complexity index is 894. The molecule has 3 aromatic rings. The highest BCUT2D eigenvalue weighted by Crippen LogP contribution is 2.21. The summed E-state index contributed by atoms with van der Waals surface area (Å²) in [7, 11) is 0. The fourth-order valence-corrected chi connectivity index (χ4v) is 2.94. The average molecular weight is 321 g/mol. The summed E-state index contributed by atoms with van der Waals surface area (Å²) in [6.45, 7) is 8.81. The molecule has 3 heteroatoms. The first kappa shape index (κ1) is 16.5. The molecular weight excluding hydrogens is 298 g/mol. The van der Waals surface area contributed by atoms with Gasteiger partial charge in [0.15, 0.2) is 0 Å². The van der Waals surface area contributed by atoms with Gasteiger partial charge in [-0.3, -0.25) is 4.90 Å². The highest BCUT2D eigenvalue weighted by atomic mass is 16.4. The Morgan fingerprint density at radius 1 is 0.917 bits per heavy atom. The minimum Gasteiger partial charge on any atom is -0.423 e. The minimum atomic E-state index is -0.284. The van der Waals surface area contributed by atoms with Gasteiger partial charge in [0.2, 0.25) is 0 Å². The third-order valence-corrected chi connectivity index (χ3v) is 4.35. The number of nitrogens with zero attached hydrogens (tertiary/aromatic N) is 1. The van der Waals surface area contributed by atoms with E-state index in [1.165, 1.54) is 16.7 Å². The Morgan fingerprint density at radius 3 is 2.33 bits per heavy atom. The van der Waals surface area contributed by atoms with E-state index in [4.69, 9.17) is 4.42 Å². The van der Waals surface area contributed by atoms with E-state index in [2.05, 4.69) is 56.0 Å². The molecule has 0 amide bonds. The van der Waals surface area contributed by atoms with Gasteiger partial charge in [-0.15, -0.1) is 0 Å². The van der Waals surface area contributed by atoms with Crippen LogP contribution in [0.25, 0.3) is 11.0 Å². The van der Waals surface area contributed by atoms with E-state index in [9.17, 15) is 4.79 Å². The van der Waals surface area contributed by atoms with Gasteiger partial charge in [-0.2, -0.15) is 0 Å². The van der Waals surface area contributed by atoms with Crippen LogP contribution in [-0.2, 0) is 13.1 Å². The van der Waals surface area contributed by atoms with Crippen LogP contribution >= 0.6 is 0 Å². The molecule has 24 heavy (non-hydrogen) atoms. The predicted octanol–water partition coefficient (Wildman–Crippen LogP) is 4.43. The van der Waals surface area contributed by atoms with E-state index < -0.39 is 0 Å². The highest BCUT2D eigenvalue weighted by molar-refractivity contribution is 5.80. The van der Waals surface area contributed by atoms with Gasteiger partial charge < -0.3 is 4.42 Å². The van der Waals surface area contributed by atoms with Gasteiger partial charge in [0, 0.05) is 24.5 Å². The zero-order valence-electron chi connectivity index (χ0n) is 14.5. The molecule has 0 saturated heterocycles. The van der Waals surface area contributed by atoms with E-state index in [-0.39, 0.29) is 5.63 Å². The lowest BCUT2D eigenvalue weighted by Gasteiger charge is -2.21. The van der Waals surface area contributed by atoms with Crippen molar-refractivity contribution in [2.45, 2.75) is 33.9 Å². The zero-order chi connectivity index (χ0) is 17.1. The maximum absolute atomic E-state index is 11.9. The van der Waals surface area contributed by atoms with Crippen LogP contribution < -0.4 is 5.63 Å². The molecule has 0 radical (unpaired) electrons. The lowest BCUT2D eigenvalue weighted by molar-refractivity contribution is 0.272. The number of hydrogen-bond acceptors (Lipinski definition) is 3. The molecule has 0 spiro atoms. The van der Waals surface area contributed by atoms with Crippen molar-refractivity contribution in [3.8, 4) is 0 Å². The predicted molar refractivity (Wildman–Crippen MR) is 98.2 cm³/mol. The smallest absolute Gasteiger partial charge is 0.336 e. The quantitative estimate of drug-likeness (QED) is 0.652. The topological polar surface area (TPSA) is 33.5 Å². The van der Waals surface area contributed by atoms with Crippen LogP contribution in [0, 0.1) is 13.8 Å². The van der Waals surface area contributed by atoms with Crippen molar-refractivity contribution in [1.82, 2.24) is 4.90 Å². The number of aryl methyl sites for hydroxylation is 2. The molecule has 0 saturated carbocycles. The summed E-state index contributed by atoms with van der Waals surface area (Å²) in [5.74, 6) is 0. The van der Waals surface area contributed by atoms with E-state index in [0.29, 0.717) is 5.58 Å². The molecule has 1 aromatic heterocycles. The summed E-state index contributed by atoms with van der Waals surface area (Å²) in [4.78, 5) is 14.2. The second kappa shape index (κ2) is 7.02. The molecule has 0 fully saturated rings. The first-order valence-corrected chi connectivity index (χ1v) is 8.36. The summed E-state index contributed by atoms with van der Waals surface area (Å²) in [5, 5.41) is 1.02. The Hall–Kier alpha value is -2.39. The molecule has 124 valence electrons. The molecule has 3 nitrogen and oxygen atoms in total. The van der Waals surface area contributed by atoms with Crippen molar-refractivity contribution in [2.24, 2.45) is 0 Å². The van der Waals surface area contributed by atoms with Crippen molar-refractivity contribution in [3.63, 3.8) is 0 Å². The molecule has 0 bridgehead atoms. The van der Waals surface area contributed by atoms with Crippen LogP contribution in [0.5, 0.6) is 0 Å². The standard InChI is InChI=1S/C21H23NO2/c1-4-22(13-17-8-5-15(2)6-9-17)14-18-12-21(23)24-20-10-7-16(3)11-19(18)20/h5-12H,4,13-14H2,1-3H3. The van der Waals surface area contributed by atoms with Gasteiger partial charge >= 0.3 is 5.63 Å². The monoisotopic (exact) mass is 321 g/mol. The second-order valence-electron chi connectivity index (χ2n) is 6.38. The van der Waals surface area contributed by atoms with Crippen molar-refractivity contribution < 1.29 is 4.42 Å². The first-order valence-electron chi connectivity index (χ1n) is 8.36. The van der Waals surface area contributed by atoms with E-state index in [0.717, 1.165) is 30.6 Å². The third kappa shape index (κ3) is 3.74. The van der Waals surface area contributed by atoms with Crippen molar-refractivity contribution in [1.29, 1.82) is 0 Å². The minimum absolute atomic E-state index is 0.284. The average Bonchev–Trinajstić information content (AvgIpc) is 2.56. The largest absolute Gasteiger partial charge is 0.423 e. The van der Waals surface area contributed by atoms with Crippen molar-refractivity contribution in [3.05, 3.63) is 81.2 Å². The molecule has 0 N–H and O–H groups in total. The summed E-state index contributed by atoms with van der Waals surface area (Å²) in [6, 6.07) is 16.2. The van der Waals surface area contributed by atoms with Crippen molar-refractivity contribution >= 4 is 11.0 Å². The van der Waals surface area contributed by atoms with E-state index in [1.807, 2.05) is 12.1 Å². The molecular formula is C21H23NO2. The molecule has 3 rings (SSSR count). The summed E-state index contributed by atoms with van der Waals surface area (Å²) in [5.41, 5.74) is 5.12. The fourth-order valence-electron chi connectivity index (χ4n) is 2.94. The second-order valence-corrected chi connectivity index (χ2v) is 6.38. The third-order valence-electron chi connectivity index (χ3n) is 4.35. The number of rotatable bonds is 5. The Balaban J connectivity index is 1.90. The number of fused-ring (bicyclic) bond motifs is 1. The molecule has 0 aliphatic heterocycles. The molecule has 0 aliphatic carbocycles. The molecule has 2 aromatic carbocycles. The maximum atomic E-state index is 11.9. The maximum Gasteiger partial charge on any atom is 0.336 e. The van der Waals surface area contributed by atoms with Crippen LogP contribution in [0.2, 0.25) is 0 Å².